The van der Waals surface area contributed by atoms with E-state index in [4.69, 9.17) is 13.7 Å². The van der Waals surface area contributed by atoms with Gasteiger partial charge >= 0.3 is 0 Å². The van der Waals surface area contributed by atoms with Crippen molar-refractivity contribution in [1.82, 2.24) is 9.46 Å². The van der Waals surface area contributed by atoms with Crippen LogP contribution < -0.4 is 9.64 Å². The molecule has 148 valence electrons. The third kappa shape index (κ3) is 3.50. The lowest BCUT2D eigenvalue weighted by atomic mass is 10.2. The summed E-state index contributed by atoms with van der Waals surface area (Å²) in [5.74, 6) is 1.52. The molecule has 1 saturated heterocycles. The molecule has 1 fully saturated rings. The molecule has 28 heavy (non-hydrogen) atoms. The molecule has 3 heterocycles. The molecule has 0 aliphatic carbocycles. The molecule has 0 atom stereocenters. The molecule has 8 nitrogen and oxygen atoms in total. The summed E-state index contributed by atoms with van der Waals surface area (Å²) < 4.78 is 43.2. The van der Waals surface area contributed by atoms with Crippen LogP contribution in [-0.2, 0) is 10.0 Å². The Hall–Kier alpha value is -2.78. The number of hydrogen-bond acceptors (Lipinski definition) is 7. The van der Waals surface area contributed by atoms with Gasteiger partial charge < -0.3 is 18.6 Å². The number of rotatable bonds is 5. The van der Waals surface area contributed by atoms with Crippen LogP contribution in [0.1, 0.15) is 5.69 Å². The molecule has 0 amide bonds. The van der Waals surface area contributed by atoms with Gasteiger partial charge in [-0.2, -0.15) is 4.31 Å². The van der Waals surface area contributed by atoms with Crippen LogP contribution in [0.4, 0.5) is 5.69 Å². The zero-order valence-electron chi connectivity index (χ0n) is 15.7. The number of methoxy groups -OCH3 is 1. The lowest BCUT2D eigenvalue weighted by Crippen LogP contribution is -2.48. The number of aromatic nitrogens is 1. The molecule has 4 rings (SSSR count). The van der Waals surface area contributed by atoms with Crippen molar-refractivity contribution in [3.05, 3.63) is 48.2 Å². The van der Waals surface area contributed by atoms with Crippen LogP contribution in [0.5, 0.6) is 5.75 Å². The highest BCUT2D eigenvalue weighted by Gasteiger charge is 2.31. The number of ether oxygens (including phenoxy) is 1. The largest absolute Gasteiger partial charge is 0.497 e. The van der Waals surface area contributed by atoms with Crippen molar-refractivity contribution in [2.75, 3.05) is 38.2 Å². The SMILES string of the molecule is COc1cccc(N2CCN(S(=O)(=O)c3ccc(-c4cc(C)no4)o3)CC2)c1. The zero-order chi connectivity index (χ0) is 19.7. The highest BCUT2D eigenvalue weighted by Crippen LogP contribution is 2.28. The van der Waals surface area contributed by atoms with Gasteiger partial charge in [0.15, 0.2) is 5.76 Å². The molecule has 0 N–H and O–H groups in total. The van der Waals surface area contributed by atoms with Crippen LogP contribution in [0, 0.1) is 6.92 Å². The highest BCUT2D eigenvalue weighted by molar-refractivity contribution is 7.89. The van der Waals surface area contributed by atoms with E-state index >= 15 is 0 Å². The summed E-state index contributed by atoms with van der Waals surface area (Å²) in [4.78, 5) is 2.14. The van der Waals surface area contributed by atoms with Crippen molar-refractivity contribution >= 4 is 15.7 Å². The first-order chi connectivity index (χ1) is 13.5. The maximum atomic E-state index is 12.9. The van der Waals surface area contributed by atoms with E-state index in [0.717, 1.165) is 11.4 Å². The molecule has 1 aliphatic heterocycles. The van der Waals surface area contributed by atoms with Gasteiger partial charge in [-0.15, -0.1) is 0 Å². The quantitative estimate of drug-likeness (QED) is 0.647. The normalized spacial score (nSPS) is 15.7. The van der Waals surface area contributed by atoms with E-state index in [1.807, 2.05) is 24.3 Å². The average molecular weight is 403 g/mol. The second kappa shape index (κ2) is 7.33. The molecule has 2 aromatic heterocycles. The van der Waals surface area contributed by atoms with Crippen molar-refractivity contribution < 1.29 is 22.1 Å². The maximum absolute atomic E-state index is 12.9. The predicted octanol–water partition coefficient (Wildman–Crippen LogP) is 2.76. The van der Waals surface area contributed by atoms with Gasteiger partial charge in [0, 0.05) is 44.0 Å². The van der Waals surface area contributed by atoms with Crippen LogP contribution >= 0.6 is 0 Å². The van der Waals surface area contributed by atoms with Crippen LogP contribution in [0.25, 0.3) is 11.5 Å². The first-order valence-corrected chi connectivity index (χ1v) is 10.3. The van der Waals surface area contributed by atoms with Gasteiger partial charge in [0.25, 0.3) is 10.0 Å². The minimum atomic E-state index is -3.71. The molecule has 0 radical (unpaired) electrons. The van der Waals surface area contributed by atoms with Crippen LogP contribution in [0.15, 0.2) is 56.5 Å². The summed E-state index contributed by atoms with van der Waals surface area (Å²) in [5.41, 5.74) is 1.71. The minimum absolute atomic E-state index is 0.0913. The number of benzene rings is 1. The summed E-state index contributed by atoms with van der Waals surface area (Å²) in [6.45, 7) is 3.70. The molecule has 9 heteroatoms. The number of nitrogens with zero attached hydrogens (tertiary/aromatic N) is 3. The molecule has 0 saturated carbocycles. The number of piperazine rings is 1. The third-order valence-electron chi connectivity index (χ3n) is 4.70. The van der Waals surface area contributed by atoms with E-state index < -0.39 is 10.0 Å². The molecule has 1 aliphatic rings. The summed E-state index contributed by atoms with van der Waals surface area (Å²) in [6.07, 6.45) is 0. The van der Waals surface area contributed by atoms with Gasteiger partial charge in [-0.05, 0) is 31.2 Å². The highest BCUT2D eigenvalue weighted by atomic mass is 32.2. The Morgan fingerprint density at radius 3 is 2.50 bits per heavy atom. The number of anilines is 1. The Balaban J connectivity index is 1.47. The summed E-state index contributed by atoms with van der Waals surface area (Å²) in [5, 5.41) is 3.70. The van der Waals surface area contributed by atoms with Gasteiger partial charge in [-0.1, -0.05) is 11.2 Å². The van der Waals surface area contributed by atoms with E-state index in [9.17, 15) is 8.42 Å². The van der Waals surface area contributed by atoms with E-state index in [1.165, 1.54) is 10.4 Å². The van der Waals surface area contributed by atoms with Crippen LogP contribution in [0.3, 0.4) is 0 Å². The Morgan fingerprint density at radius 1 is 1.04 bits per heavy atom. The maximum Gasteiger partial charge on any atom is 0.276 e. The van der Waals surface area contributed by atoms with Gasteiger partial charge in [0.2, 0.25) is 10.9 Å². The number of aryl methyl sites for hydroxylation is 1. The Labute approximate surface area is 163 Å². The van der Waals surface area contributed by atoms with Crippen molar-refractivity contribution in [3.63, 3.8) is 0 Å². The second-order valence-electron chi connectivity index (χ2n) is 6.54. The van der Waals surface area contributed by atoms with Crippen LogP contribution in [-0.4, -0.2) is 51.2 Å². The standard InChI is InChI=1S/C19H21N3O5S/c1-14-12-18(27-20-14)17-6-7-19(26-17)28(23,24)22-10-8-21(9-11-22)15-4-3-5-16(13-15)25-2/h3-7,12-13H,8-11H2,1-2H3. The number of hydrogen-bond donors (Lipinski definition) is 0. The van der Waals surface area contributed by atoms with E-state index in [1.54, 1.807) is 26.2 Å². The first-order valence-electron chi connectivity index (χ1n) is 8.90. The van der Waals surface area contributed by atoms with Crippen molar-refractivity contribution in [2.24, 2.45) is 0 Å². The summed E-state index contributed by atoms with van der Waals surface area (Å²) in [6, 6.07) is 12.5. The smallest absolute Gasteiger partial charge is 0.276 e. The zero-order valence-corrected chi connectivity index (χ0v) is 16.5. The topological polar surface area (TPSA) is 89.0 Å². The fourth-order valence-electron chi connectivity index (χ4n) is 3.19. The molecule has 0 unspecified atom stereocenters. The van der Waals surface area contributed by atoms with E-state index in [0.29, 0.717) is 43.4 Å². The van der Waals surface area contributed by atoms with Gasteiger partial charge in [-0.25, -0.2) is 8.42 Å². The molecule has 0 spiro atoms. The average Bonchev–Trinajstić information content (AvgIpc) is 3.37. The van der Waals surface area contributed by atoms with Crippen LogP contribution in [0.2, 0.25) is 0 Å². The van der Waals surface area contributed by atoms with Gasteiger partial charge in [-0.3, -0.25) is 0 Å². The lowest BCUT2D eigenvalue weighted by molar-refractivity contribution is 0.358. The molecule has 0 bridgehead atoms. The Bertz CT molecular complexity index is 1060. The molecular formula is C19H21N3O5S. The number of sulfonamides is 1. The summed E-state index contributed by atoms with van der Waals surface area (Å²) >= 11 is 0. The fourth-order valence-corrected chi connectivity index (χ4v) is 4.53. The third-order valence-corrected chi connectivity index (χ3v) is 6.48. The molecule has 3 aromatic rings. The minimum Gasteiger partial charge on any atom is -0.497 e. The van der Waals surface area contributed by atoms with E-state index in [-0.39, 0.29) is 5.09 Å². The van der Waals surface area contributed by atoms with Crippen molar-refractivity contribution in [2.45, 2.75) is 12.0 Å². The van der Waals surface area contributed by atoms with Crippen molar-refractivity contribution in [3.8, 4) is 17.3 Å². The second-order valence-corrected chi connectivity index (χ2v) is 8.41. The predicted molar refractivity (Wildman–Crippen MR) is 103 cm³/mol. The Morgan fingerprint density at radius 2 is 1.82 bits per heavy atom. The van der Waals surface area contributed by atoms with Gasteiger partial charge in [0.05, 0.1) is 12.8 Å². The molecular weight excluding hydrogens is 382 g/mol. The summed E-state index contributed by atoms with van der Waals surface area (Å²) in [7, 11) is -2.08. The van der Waals surface area contributed by atoms with E-state index in [2.05, 4.69) is 10.1 Å². The Kier molecular flexibility index (Phi) is 4.86. The number of furan rings is 1. The fraction of sp³-hybridized carbons (Fsp3) is 0.316. The van der Waals surface area contributed by atoms with Crippen molar-refractivity contribution in [1.29, 1.82) is 0 Å². The monoisotopic (exact) mass is 403 g/mol. The molecule has 1 aromatic carbocycles. The first kappa shape index (κ1) is 18.6. The lowest BCUT2D eigenvalue weighted by Gasteiger charge is -2.35. The van der Waals surface area contributed by atoms with Gasteiger partial charge in [0.1, 0.15) is 5.75 Å².